The van der Waals surface area contributed by atoms with Crippen LogP contribution in [-0.2, 0) is 4.74 Å². The summed E-state index contributed by atoms with van der Waals surface area (Å²) in [6.07, 6.45) is 6.83. The van der Waals surface area contributed by atoms with Crippen molar-refractivity contribution in [3.05, 3.63) is 0 Å². The molecule has 0 spiro atoms. The van der Waals surface area contributed by atoms with Crippen molar-refractivity contribution >= 4 is 12.6 Å². The van der Waals surface area contributed by atoms with Gasteiger partial charge in [0.1, 0.15) is 0 Å². The van der Waals surface area contributed by atoms with Crippen molar-refractivity contribution in [1.82, 2.24) is 4.90 Å². The maximum Gasteiger partial charge on any atom is 0.0472 e. The van der Waals surface area contributed by atoms with E-state index in [1.165, 1.54) is 45.2 Å². The van der Waals surface area contributed by atoms with Gasteiger partial charge in [0.15, 0.2) is 0 Å². The van der Waals surface area contributed by atoms with Gasteiger partial charge < -0.3 is 4.74 Å². The highest BCUT2D eigenvalue weighted by molar-refractivity contribution is 7.80. The average Bonchev–Trinajstić information content (AvgIpc) is 2.92. The predicted molar refractivity (Wildman–Crippen MR) is 69.0 cm³/mol. The molecular formula is C13H23NOS. The molecule has 3 fully saturated rings. The van der Waals surface area contributed by atoms with E-state index in [4.69, 9.17) is 4.74 Å². The first-order valence-corrected chi connectivity index (χ1v) is 7.37. The standard InChI is InChI=1S/C13H23NOS/c16-10-13(3-5-15-6-4-13)9-14-8-11-1-2-12(14)7-11/h11-12,16H,1-10H2. The zero-order valence-corrected chi connectivity index (χ0v) is 10.9. The second kappa shape index (κ2) is 4.51. The predicted octanol–water partition coefficient (Wildman–Crippen LogP) is 2.20. The topological polar surface area (TPSA) is 12.5 Å². The Labute approximate surface area is 104 Å². The third kappa shape index (κ3) is 2.02. The summed E-state index contributed by atoms with van der Waals surface area (Å²) in [5, 5.41) is 0. The van der Waals surface area contributed by atoms with Crippen LogP contribution in [0.4, 0.5) is 0 Å². The van der Waals surface area contributed by atoms with Crippen LogP contribution < -0.4 is 0 Å². The average molecular weight is 241 g/mol. The Morgan fingerprint density at radius 2 is 2.06 bits per heavy atom. The van der Waals surface area contributed by atoms with Gasteiger partial charge >= 0.3 is 0 Å². The Morgan fingerprint density at radius 3 is 2.62 bits per heavy atom. The summed E-state index contributed by atoms with van der Waals surface area (Å²) in [6.45, 7) is 4.53. The van der Waals surface area contributed by atoms with Gasteiger partial charge in [-0.25, -0.2) is 0 Å². The van der Waals surface area contributed by atoms with Crippen molar-refractivity contribution in [2.24, 2.45) is 11.3 Å². The molecule has 92 valence electrons. The van der Waals surface area contributed by atoms with Gasteiger partial charge in [-0.1, -0.05) is 0 Å². The number of hydrogen-bond acceptors (Lipinski definition) is 3. The van der Waals surface area contributed by atoms with Gasteiger partial charge in [0.05, 0.1) is 0 Å². The molecule has 2 unspecified atom stereocenters. The lowest BCUT2D eigenvalue weighted by molar-refractivity contribution is 0.00267. The molecule has 3 aliphatic rings. The van der Waals surface area contributed by atoms with Gasteiger partial charge in [-0.2, -0.15) is 12.6 Å². The van der Waals surface area contributed by atoms with Crippen LogP contribution >= 0.6 is 12.6 Å². The van der Waals surface area contributed by atoms with Crippen LogP contribution in [-0.4, -0.2) is 43.0 Å². The Balaban J connectivity index is 1.63. The largest absolute Gasteiger partial charge is 0.381 e. The van der Waals surface area contributed by atoms with E-state index in [0.29, 0.717) is 5.41 Å². The number of fused-ring (bicyclic) bond motifs is 2. The van der Waals surface area contributed by atoms with Crippen molar-refractivity contribution in [2.45, 2.75) is 38.1 Å². The maximum absolute atomic E-state index is 5.50. The summed E-state index contributed by atoms with van der Waals surface area (Å²) >= 11 is 4.61. The second-order valence-electron chi connectivity index (χ2n) is 6.03. The Hall–Kier alpha value is 0.270. The maximum atomic E-state index is 5.50. The fraction of sp³-hybridized carbons (Fsp3) is 1.00. The number of rotatable bonds is 3. The molecule has 2 saturated heterocycles. The van der Waals surface area contributed by atoms with Crippen LogP contribution in [0.25, 0.3) is 0 Å². The molecule has 0 amide bonds. The number of piperidine rings is 1. The highest BCUT2D eigenvalue weighted by atomic mass is 32.1. The molecule has 3 rings (SSSR count). The second-order valence-corrected chi connectivity index (χ2v) is 6.35. The van der Waals surface area contributed by atoms with E-state index in [1.807, 2.05) is 0 Å². The molecule has 3 heteroatoms. The molecule has 16 heavy (non-hydrogen) atoms. The Kier molecular flexibility index (Phi) is 3.20. The molecule has 2 aliphatic heterocycles. The number of hydrogen-bond donors (Lipinski definition) is 1. The molecule has 0 aromatic heterocycles. The van der Waals surface area contributed by atoms with Gasteiger partial charge in [0.25, 0.3) is 0 Å². The zero-order chi connectivity index (χ0) is 11.0. The van der Waals surface area contributed by atoms with Crippen LogP contribution in [0, 0.1) is 11.3 Å². The molecule has 2 heterocycles. The molecule has 1 saturated carbocycles. The summed E-state index contributed by atoms with van der Waals surface area (Å²) < 4.78 is 5.50. The van der Waals surface area contributed by atoms with E-state index in [1.54, 1.807) is 0 Å². The van der Waals surface area contributed by atoms with Crippen molar-refractivity contribution in [3.63, 3.8) is 0 Å². The third-order valence-corrected chi connectivity index (χ3v) is 5.62. The number of nitrogens with zero attached hydrogens (tertiary/aromatic N) is 1. The summed E-state index contributed by atoms with van der Waals surface area (Å²) in [5.74, 6) is 2.05. The van der Waals surface area contributed by atoms with Gasteiger partial charge in [-0.05, 0) is 49.2 Å². The molecule has 0 N–H and O–H groups in total. The minimum atomic E-state index is 0.450. The zero-order valence-electron chi connectivity index (χ0n) is 10.0. The van der Waals surface area contributed by atoms with Crippen LogP contribution in [0.2, 0.25) is 0 Å². The molecule has 0 aromatic carbocycles. The lowest BCUT2D eigenvalue weighted by Crippen LogP contribution is -2.45. The SMILES string of the molecule is SCC1(CN2CC3CCC2C3)CCOCC1. The lowest BCUT2D eigenvalue weighted by atomic mass is 9.81. The molecule has 1 aliphatic carbocycles. The highest BCUT2D eigenvalue weighted by Gasteiger charge is 2.42. The van der Waals surface area contributed by atoms with Crippen molar-refractivity contribution in [2.75, 3.05) is 32.1 Å². The molecule has 2 atom stereocenters. The Morgan fingerprint density at radius 1 is 1.25 bits per heavy atom. The first-order chi connectivity index (χ1) is 7.81. The van der Waals surface area contributed by atoms with Gasteiger partial charge in [-0.3, -0.25) is 4.90 Å². The van der Waals surface area contributed by atoms with Crippen molar-refractivity contribution in [1.29, 1.82) is 0 Å². The van der Waals surface area contributed by atoms with Crippen LogP contribution in [0.1, 0.15) is 32.1 Å². The lowest BCUT2D eigenvalue weighted by Gasteiger charge is -2.41. The molecule has 2 nitrogen and oxygen atoms in total. The van der Waals surface area contributed by atoms with Crippen LogP contribution in [0.5, 0.6) is 0 Å². The van der Waals surface area contributed by atoms with Crippen LogP contribution in [0.15, 0.2) is 0 Å². The first kappa shape index (κ1) is 11.4. The van der Waals surface area contributed by atoms with E-state index in [2.05, 4.69) is 17.5 Å². The quantitative estimate of drug-likeness (QED) is 0.761. The summed E-state index contributed by atoms with van der Waals surface area (Å²) in [6, 6.07) is 0.907. The fourth-order valence-corrected chi connectivity index (χ4v) is 4.24. The highest BCUT2D eigenvalue weighted by Crippen LogP contribution is 2.41. The van der Waals surface area contributed by atoms with Crippen molar-refractivity contribution < 1.29 is 4.74 Å². The summed E-state index contributed by atoms with van der Waals surface area (Å²) in [4.78, 5) is 2.76. The molecular weight excluding hydrogens is 218 g/mol. The monoisotopic (exact) mass is 241 g/mol. The number of likely N-dealkylation sites (tertiary alicyclic amines) is 1. The minimum absolute atomic E-state index is 0.450. The third-order valence-electron chi connectivity index (χ3n) is 4.95. The van der Waals surface area contributed by atoms with Gasteiger partial charge in [-0.15, -0.1) is 0 Å². The van der Waals surface area contributed by atoms with E-state index >= 15 is 0 Å². The first-order valence-electron chi connectivity index (χ1n) is 6.74. The number of ether oxygens (including phenoxy) is 1. The number of thiol groups is 1. The molecule has 0 aromatic rings. The van der Waals surface area contributed by atoms with Crippen LogP contribution in [0.3, 0.4) is 0 Å². The molecule has 0 radical (unpaired) electrons. The van der Waals surface area contributed by atoms with Gasteiger partial charge in [0, 0.05) is 32.3 Å². The van der Waals surface area contributed by atoms with E-state index in [9.17, 15) is 0 Å². The minimum Gasteiger partial charge on any atom is -0.381 e. The van der Waals surface area contributed by atoms with E-state index in [0.717, 1.165) is 30.9 Å². The van der Waals surface area contributed by atoms with E-state index in [-0.39, 0.29) is 0 Å². The summed E-state index contributed by atoms with van der Waals surface area (Å²) in [5.41, 5.74) is 0.450. The Bertz CT molecular complexity index is 252. The smallest absolute Gasteiger partial charge is 0.0472 e. The van der Waals surface area contributed by atoms with Crippen molar-refractivity contribution in [3.8, 4) is 0 Å². The molecule has 2 bridgehead atoms. The normalized spacial score (nSPS) is 38.1. The van der Waals surface area contributed by atoms with Gasteiger partial charge in [0.2, 0.25) is 0 Å². The fourth-order valence-electron chi connectivity index (χ4n) is 3.82. The van der Waals surface area contributed by atoms with E-state index < -0.39 is 0 Å². The summed E-state index contributed by atoms with van der Waals surface area (Å²) in [7, 11) is 0.